The Balaban J connectivity index is 3.88. The summed E-state index contributed by atoms with van der Waals surface area (Å²) >= 11 is 0. The second kappa shape index (κ2) is 5.56. The summed E-state index contributed by atoms with van der Waals surface area (Å²) in [6, 6.07) is -0.188. The Morgan fingerprint density at radius 2 is 1.86 bits per heavy atom. The minimum atomic E-state index is -4.13. The summed E-state index contributed by atoms with van der Waals surface area (Å²) in [6.07, 6.45) is -3.25. The fraction of sp³-hybridized carbons (Fsp3) is 1.00. The van der Waals surface area contributed by atoms with Gasteiger partial charge in [0.1, 0.15) is 0 Å². The zero-order valence-electron chi connectivity index (χ0n) is 8.93. The topological polar surface area (TPSA) is 29.3 Å². The van der Waals surface area contributed by atoms with Crippen LogP contribution in [-0.4, -0.2) is 37.3 Å². The van der Waals surface area contributed by atoms with Gasteiger partial charge in [0.25, 0.3) is 0 Å². The highest BCUT2D eigenvalue weighted by Gasteiger charge is 2.29. The molecule has 0 aromatic rings. The first kappa shape index (κ1) is 13.7. The van der Waals surface area contributed by atoms with Gasteiger partial charge in [0.15, 0.2) is 0 Å². The van der Waals surface area contributed by atoms with Crippen molar-refractivity contribution in [1.29, 1.82) is 0 Å². The second-order valence-corrected chi connectivity index (χ2v) is 3.86. The van der Waals surface area contributed by atoms with Gasteiger partial charge in [0.2, 0.25) is 0 Å². The van der Waals surface area contributed by atoms with Gasteiger partial charge in [-0.25, -0.2) is 0 Å². The second-order valence-electron chi connectivity index (χ2n) is 3.86. The Labute approximate surface area is 83.3 Å². The molecule has 0 saturated heterocycles. The van der Waals surface area contributed by atoms with Crippen LogP contribution in [0.25, 0.3) is 0 Å². The van der Waals surface area contributed by atoms with Crippen LogP contribution < -0.4 is 5.73 Å². The lowest BCUT2D eigenvalue weighted by Crippen LogP contribution is -2.42. The van der Waals surface area contributed by atoms with E-state index in [4.69, 9.17) is 5.73 Å². The van der Waals surface area contributed by atoms with Crippen LogP contribution >= 0.6 is 0 Å². The summed E-state index contributed by atoms with van der Waals surface area (Å²) in [4.78, 5) is 1.22. The van der Waals surface area contributed by atoms with Crippen molar-refractivity contribution in [3.63, 3.8) is 0 Å². The van der Waals surface area contributed by atoms with Crippen LogP contribution in [0.4, 0.5) is 13.2 Å². The van der Waals surface area contributed by atoms with E-state index < -0.39 is 12.7 Å². The smallest absolute Gasteiger partial charge is 0.326 e. The summed E-state index contributed by atoms with van der Waals surface area (Å²) < 4.78 is 35.9. The van der Waals surface area contributed by atoms with Gasteiger partial charge in [-0.1, -0.05) is 20.3 Å². The van der Waals surface area contributed by atoms with E-state index in [1.54, 1.807) is 0 Å². The SMILES string of the molecule is CCC(C)C(N)CN(C)CC(F)(F)F. The van der Waals surface area contributed by atoms with Crippen molar-refractivity contribution >= 4 is 0 Å². The largest absolute Gasteiger partial charge is 0.401 e. The van der Waals surface area contributed by atoms with E-state index in [0.29, 0.717) is 0 Å². The normalized spacial score (nSPS) is 17.1. The summed E-state index contributed by atoms with van der Waals surface area (Å²) in [5.41, 5.74) is 5.74. The Hall–Kier alpha value is -0.290. The minimum absolute atomic E-state index is 0.188. The number of hydrogen-bond acceptors (Lipinski definition) is 2. The summed E-state index contributed by atoms with van der Waals surface area (Å²) in [7, 11) is 1.44. The lowest BCUT2D eigenvalue weighted by Gasteiger charge is -2.25. The molecule has 14 heavy (non-hydrogen) atoms. The van der Waals surface area contributed by atoms with Gasteiger partial charge in [-0.3, -0.25) is 4.90 Å². The van der Waals surface area contributed by atoms with E-state index >= 15 is 0 Å². The summed E-state index contributed by atoms with van der Waals surface area (Å²) in [6.45, 7) is 3.33. The van der Waals surface area contributed by atoms with Crippen LogP contribution in [0, 0.1) is 5.92 Å². The molecule has 0 rings (SSSR count). The van der Waals surface area contributed by atoms with Gasteiger partial charge >= 0.3 is 6.18 Å². The number of alkyl halides is 3. The number of halogens is 3. The van der Waals surface area contributed by atoms with Crippen LogP contribution in [0.2, 0.25) is 0 Å². The average Bonchev–Trinajstić information content (AvgIpc) is 1.99. The Bertz CT molecular complexity index is 159. The third kappa shape index (κ3) is 6.21. The fourth-order valence-corrected chi connectivity index (χ4v) is 1.21. The molecule has 86 valence electrons. The van der Waals surface area contributed by atoms with Crippen molar-refractivity contribution in [2.75, 3.05) is 20.1 Å². The van der Waals surface area contributed by atoms with Gasteiger partial charge in [-0.05, 0) is 13.0 Å². The van der Waals surface area contributed by atoms with Crippen molar-refractivity contribution in [2.24, 2.45) is 11.7 Å². The van der Waals surface area contributed by atoms with Crippen molar-refractivity contribution < 1.29 is 13.2 Å². The fourth-order valence-electron chi connectivity index (χ4n) is 1.21. The maximum Gasteiger partial charge on any atom is 0.401 e. The van der Waals surface area contributed by atoms with E-state index in [2.05, 4.69) is 0 Å². The van der Waals surface area contributed by atoms with E-state index in [-0.39, 0.29) is 18.5 Å². The number of nitrogens with two attached hydrogens (primary N) is 1. The monoisotopic (exact) mass is 212 g/mol. The van der Waals surface area contributed by atoms with Crippen molar-refractivity contribution in [1.82, 2.24) is 4.90 Å². The molecule has 0 fully saturated rings. The molecular weight excluding hydrogens is 193 g/mol. The van der Waals surface area contributed by atoms with Crippen LogP contribution in [0.1, 0.15) is 20.3 Å². The van der Waals surface area contributed by atoms with Crippen molar-refractivity contribution in [2.45, 2.75) is 32.5 Å². The summed E-state index contributed by atoms with van der Waals surface area (Å²) in [5.74, 6) is 0.255. The Morgan fingerprint density at radius 1 is 1.36 bits per heavy atom. The minimum Gasteiger partial charge on any atom is -0.326 e. The number of nitrogens with zero attached hydrogens (tertiary/aromatic N) is 1. The van der Waals surface area contributed by atoms with Gasteiger partial charge in [-0.2, -0.15) is 13.2 Å². The van der Waals surface area contributed by atoms with Crippen LogP contribution in [0.3, 0.4) is 0 Å². The highest BCUT2D eigenvalue weighted by molar-refractivity contribution is 4.72. The quantitative estimate of drug-likeness (QED) is 0.753. The van der Waals surface area contributed by atoms with Crippen LogP contribution in [0.5, 0.6) is 0 Å². The molecule has 2 unspecified atom stereocenters. The maximum atomic E-state index is 12.0. The van der Waals surface area contributed by atoms with Crippen molar-refractivity contribution in [3.8, 4) is 0 Å². The molecule has 2 N–H and O–H groups in total. The molecule has 2 atom stereocenters. The third-order valence-corrected chi connectivity index (χ3v) is 2.35. The molecule has 0 aliphatic carbocycles. The van der Waals surface area contributed by atoms with E-state index in [1.807, 2.05) is 13.8 Å². The average molecular weight is 212 g/mol. The molecule has 0 bridgehead atoms. The maximum absolute atomic E-state index is 12.0. The summed E-state index contributed by atoms with van der Waals surface area (Å²) in [5, 5.41) is 0. The molecule has 0 aromatic carbocycles. The molecule has 0 amide bonds. The standard InChI is InChI=1S/C9H19F3N2/c1-4-7(2)8(13)5-14(3)6-9(10,11)12/h7-8H,4-6,13H2,1-3H3. The van der Waals surface area contributed by atoms with Gasteiger partial charge < -0.3 is 5.73 Å². The number of hydrogen-bond donors (Lipinski definition) is 1. The van der Waals surface area contributed by atoms with Gasteiger partial charge in [0, 0.05) is 12.6 Å². The lowest BCUT2D eigenvalue weighted by molar-refractivity contribution is -0.143. The zero-order valence-corrected chi connectivity index (χ0v) is 8.93. The predicted molar refractivity (Wildman–Crippen MR) is 51.0 cm³/mol. The molecule has 2 nitrogen and oxygen atoms in total. The molecular formula is C9H19F3N2. The van der Waals surface area contributed by atoms with E-state index in [0.717, 1.165) is 6.42 Å². The van der Waals surface area contributed by atoms with E-state index in [9.17, 15) is 13.2 Å². The third-order valence-electron chi connectivity index (χ3n) is 2.35. The first-order chi connectivity index (χ1) is 6.26. The first-order valence-electron chi connectivity index (χ1n) is 4.77. The predicted octanol–water partition coefficient (Wildman–Crippen LogP) is 1.85. The highest BCUT2D eigenvalue weighted by atomic mass is 19.4. The number of rotatable bonds is 5. The molecule has 0 saturated carbocycles. The molecule has 0 aliphatic rings. The van der Waals surface area contributed by atoms with Gasteiger partial charge in [0.05, 0.1) is 6.54 Å². The van der Waals surface area contributed by atoms with Gasteiger partial charge in [-0.15, -0.1) is 0 Å². The van der Waals surface area contributed by atoms with Crippen molar-refractivity contribution in [3.05, 3.63) is 0 Å². The van der Waals surface area contributed by atoms with E-state index in [1.165, 1.54) is 11.9 Å². The highest BCUT2D eigenvalue weighted by Crippen LogP contribution is 2.16. The Kier molecular flexibility index (Phi) is 5.44. The zero-order chi connectivity index (χ0) is 11.4. The van der Waals surface area contributed by atoms with Crippen LogP contribution in [0.15, 0.2) is 0 Å². The molecule has 5 heteroatoms. The molecule has 0 spiro atoms. The molecule has 0 aliphatic heterocycles. The molecule has 0 aromatic heterocycles. The van der Waals surface area contributed by atoms with Crippen LogP contribution in [-0.2, 0) is 0 Å². The lowest BCUT2D eigenvalue weighted by atomic mass is 10.00. The molecule has 0 radical (unpaired) electrons. The Morgan fingerprint density at radius 3 is 2.21 bits per heavy atom. The first-order valence-corrected chi connectivity index (χ1v) is 4.77. The molecule has 0 heterocycles. The number of likely N-dealkylation sites (N-methyl/N-ethyl adjacent to an activating group) is 1.